The van der Waals surface area contributed by atoms with E-state index in [9.17, 15) is 4.79 Å². The standard InChI is InChI=1S/C10H9BrN4OS/c11-6-1-4-8(12-5-6)17-10-14-13-9(16)15(10)7-2-3-7/h1,4-5,7H,2-3H2,(H,13,16). The molecule has 0 spiro atoms. The number of nitrogens with zero attached hydrogens (tertiary/aromatic N) is 3. The quantitative estimate of drug-likeness (QED) is 0.944. The van der Waals surface area contributed by atoms with Crippen molar-refractivity contribution in [2.24, 2.45) is 0 Å². The summed E-state index contributed by atoms with van der Waals surface area (Å²) in [6, 6.07) is 4.13. The van der Waals surface area contributed by atoms with E-state index in [-0.39, 0.29) is 5.69 Å². The summed E-state index contributed by atoms with van der Waals surface area (Å²) in [5, 5.41) is 8.04. The van der Waals surface area contributed by atoms with Gasteiger partial charge in [-0.3, -0.25) is 4.57 Å². The molecule has 5 nitrogen and oxygen atoms in total. The van der Waals surface area contributed by atoms with Crippen LogP contribution < -0.4 is 5.69 Å². The number of hydrogen-bond acceptors (Lipinski definition) is 4. The van der Waals surface area contributed by atoms with Crippen LogP contribution in [0.1, 0.15) is 18.9 Å². The molecule has 0 atom stereocenters. The molecule has 0 aliphatic heterocycles. The third-order valence-electron chi connectivity index (χ3n) is 2.48. The van der Waals surface area contributed by atoms with Gasteiger partial charge in [-0.05, 0) is 52.7 Å². The molecule has 17 heavy (non-hydrogen) atoms. The summed E-state index contributed by atoms with van der Waals surface area (Å²) >= 11 is 4.73. The molecular formula is C10H9BrN4OS. The lowest BCUT2D eigenvalue weighted by Gasteiger charge is -2.02. The smallest absolute Gasteiger partial charge is 0.267 e. The largest absolute Gasteiger partial charge is 0.344 e. The maximum absolute atomic E-state index is 11.6. The van der Waals surface area contributed by atoms with Crippen molar-refractivity contribution in [3.8, 4) is 0 Å². The van der Waals surface area contributed by atoms with Crippen LogP contribution in [-0.4, -0.2) is 19.7 Å². The Hall–Kier alpha value is -1.08. The highest BCUT2D eigenvalue weighted by atomic mass is 79.9. The number of aromatic amines is 1. The van der Waals surface area contributed by atoms with Gasteiger partial charge >= 0.3 is 5.69 Å². The lowest BCUT2D eigenvalue weighted by atomic mass is 10.5. The molecule has 1 aliphatic rings. The van der Waals surface area contributed by atoms with Crippen molar-refractivity contribution in [3.63, 3.8) is 0 Å². The van der Waals surface area contributed by atoms with E-state index in [1.807, 2.05) is 12.1 Å². The first-order valence-electron chi connectivity index (χ1n) is 5.20. The first kappa shape index (κ1) is 11.0. The molecule has 0 unspecified atom stereocenters. The number of pyridine rings is 1. The molecule has 1 saturated carbocycles. The number of nitrogens with one attached hydrogen (secondary N) is 1. The Labute approximate surface area is 110 Å². The maximum atomic E-state index is 11.6. The fourth-order valence-electron chi connectivity index (χ4n) is 1.53. The van der Waals surface area contributed by atoms with Crippen molar-refractivity contribution in [2.75, 3.05) is 0 Å². The number of rotatable bonds is 3. The van der Waals surface area contributed by atoms with Gasteiger partial charge in [-0.25, -0.2) is 14.9 Å². The lowest BCUT2D eigenvalue weighted by molar-refractivity contribution is 0.642. The Kier molecular flexibility index (Phi) is 2.79. The monoisotopic (exact) mass is 312 g/mol. The van der Waals surface area contributed by atoms with Gasteiger partial charge in [0.2, 0.25) is 0 Å². The van der Waals surface area contributed by atoms with E-state index in [4.69, 9.17) is 0 Å². The van der Waals surface area contributed by atoms with Crippen molar-refractivity contribution in [1.29, 1.82) is 0 Å². The van der Waals surface area contributed by atoms with Gasteiger partial charge in [-0.2, -0.15) is 0 Å². The number of aromatic nitrogens is 4. The minimum absolute atomic E-state index is 0.132. The van der Waals surface area contributed by atoms with Gasteiger partial charge in [-0.15, -0.1) is 5.10 Å². The Morgan fingerprint density at radius 1 is 1.47 bits per heavy atom. The average molecular weight is 313 g/mol. The van der Waals surface area contributed by atoms with E-state index in [0.717, 1.165) is 22.3 Å². The topological polar surface area (TPSA) is 63.6 Å². The molecule has 2 heterocycles. The number of halogens is 1. The highest BCUT2D eigenvalue weighted by Crippen LogP contribution is 2.37. The lowest BCUT2D eigenvalue weighted by Crippen LogP contribution is -2.16. The van der Waals surface area contributed by atoms with Gasteiger partial charge in [0.15, 0.2) is 5.16 Å². The van der Waals surface area contributed by atoms with E-state index in [1.54, 1.807) is 10.8 Å². The molecule has 2 aromatic heterocycles. The van der Waals surface area contributed by atoms with Gasteiger partial charge in [-0.1, -0.05) is 0 Å². The van der Waals surface area contributed by atoms with Crippen molar-refractivity contribution in [3.05, 3.63) is 33.3 Å². The van der Waals surface area contributed by atoms with Crippen LogP contribution in [0, 0.1) is 0 Å². The molecule has 3 rings (SSSR count). The molecule has 0 amide bonds. The Bertz CT molecular complexity index is 587. The van der Waals surface area contributed by atoms with Crippen LogP contribution in [0.2, 0.25) is 0 Å². The molecule has 0 aromatic carbocycles. The van der Waals surface area contributed by atoms with Crippen LogP contribution in [0.5, 0.6) is 0 Å². The van der Waals surface area contributed by atoms with E-state index < -0.39 is 0 Å². The van der Waals surface area contributed by atoms with Crippen LogP contribution in [0.4, 0.5) is 0 Å². The highest BCUT2D eigenvalue weighted by molar-refractivity contribution is 9.10. The predicted octanol–water partition coefficient (Wildman–Crippen LogP) is 2.21. The SMILES string of the molecule is O=c1[nH]nc(Sc2ccc(Br)cn2)n1C1CC1. The minimum Gasteiger partial charge on any atom is -0.267 e. The number of hydrogen-bond donors (Lipinski definition) is 1. The van der Waals surface area contributed by atoms with Crippen molar-refractivity contribution in [2.45, 2.75) is 29.1 Å². The van der Waals surface area contributed by atoms with Crippen LogP contribution in [0.3, 0.4) is 0 Å². The third-order valence-corrected chi connectivity index (χ3v) is 3.87. The van der Waals surface area contributed by atoms with Crippen molar-refractivity contribution >= 4 is 27.7 Å². The Balaban J connectivity index is 1.90. The molecule has 1 fully saturated rings. The summed E-state index contributed by atoms with van der Waals surface area (Å²) in [6.07, 6.45) is 3.84. The van der Waals surface area contributed by atoms with E-state index in [0.29, 0.717) is 11.2 Å². The fourth-order valence-corrected chi connectivity index (χ4v) is 2.62. The molecule has 0 bridgehead atoms. The molecule has 2 aromatic rings. The molecule has 88 valence electrons. The zero-order valence-corrected chi connectivity index (χ0v) is 11.2. The summed E-state index contributed by atoms with van der Waals surface area (Å²) in [4.78, 5) is 15.8. The second kappa shape index (κ2) is 4.30. The Morgan fingerprint density at radius 3 is 2.94 bits per heavy atom. The molecule has 1 aliphatic carbocycles. The first-order valence-corrected chi connectivity index (χ1v) is 6.81. The zero-order chi connectivity index (χ0) is 11.8. The van der Waals surface area contributed by atoms with Gasteiger partial charge in [0.05, 0.1) is 0 Å². The second-order valence-corrected chi connectivity index (χ2v) is 5.73. The second-order valence-electron chi connectivity index (χ2n) is 3.83. The molecular weight excluding hydrogens is 304 g/mol. The molecule has 7 heteroatoms. The van der Waals surface area contributed by atoms with E-state index in [1.165, 1.54) is 11.8 Å². The van der Waals surface area contributed by atoms with Crippen LogP contribution in [-0.2, 0) is 0 Å². The Morgan fingerprint density at radius 2 is 2.29 bits per heavy atom. The van der Waals surface area contributed by atoms with Gasteiger partial charge in [0.1, 0.15) is 5.03 Å². The van der Waals surface area contributed by atoms with Crippen LogP contribution in [0.25, 0.3) is 0 Å². The summed E-state index contributed by atoms with van der Waals surface area (Å²) in [7, 11) is 0. The molecule has 0 saturated heterocycles. The van der Waals surface area contributed by atoms with Crippen molar-refractivity contribution < 1.29 is 0 Å². The van der Waals surface area contributed by atoms with Gasteiger partial charge in [0, 0.05) is 16.7 Å². The summed E-state index contributed by atoms with van der Waals surface area (Å²) < 4.78 is 2.65. The first-order chi connectivity index (χ1) is 8.24. The predicted molar refractivity (Wildman–Crippen MR) is 67.2 cm³/mol. The average Bonchev–Trinajstić information content (AvgIpc) is 3.08. The van der Waals surface area contributed by atoms with Crippen LogP contribution >= 0.6 is 27.7 Å². The van der Waals surface area contributed by atoms with Crippen molar-refractivity contribution in [1.82, 2.24) is 19.7 Å². The highest BCUT2D eigenvalue weighted by Gasteiger charge is 2.28. The third kappa shape index (κ3) is 2.30. The van der Waals surface area contributed by atoms with E-state index in [2.05, 4.69) is 31.1 Å². The number of H-pyrrole nitrogens is 1. The molecule has 1 N–H and O–H groups in total. The van der Waals surface area contributed by atoms with Crippen LogP contribution in [0.15, 0.2) is 37.8 Å². The zero-order valence-electron chi connectivity index (χ0n) is 8.76. The van der Waals surface area contributed by atoms with Gasteiger partial charge in [0.25, 0.3) is 0 Å². The van der Waals surface area contributed by atoms with Gasteiger partial charge < -0.3 is 0 Å². The normalized spacial score (nSPS) is 15.1. The summed E-state index contributed by atoms with van der Waals surface area (Å²) in [5.74, 6) is 0. The maximum Gasteiger partial charge on any atom is 0.344 e. The fraction of sp³-hybridized carbons (Fsp3) is 0.300. The summed E-state index contributed by atoms with van der Waals surface area (Å²) in [5.41, 5.74) is -0.132. The molecule has 0 radical (unpaired) electrons. The van der Waals surface area contributed by atoms with E-state index >= 15 is 0 Å². The minimum atomic E-state index is -0.132. The summed E-state index contributed by atoms with van der Waals surface area (Å²) in [6.45, 7) is 0.